The van der Waals surface area contributed by atoms with Crippen LogP contribution in [0.5, 0.6) is 0 Å². The summed E-state index contributed by atoms with van der Waals surface area (Å²) < 4.78 is 5.20. The second kappa shape index (κ2) is 4.88. The van der Waals surface area contributed by atoms with Gasteiger partial charge in [-0.05, 0) is 23.7 Å². The summed E-state index contributed by atoms with van der Waals surface area (Å²) in [6.45, 7) is 0. The Bertz CT molecular complexity index is 461. The Morgan fingerprint density at radius 2 is 2.13 bits per heavy atom. The summed E-state index contributed by atoms with van der Waals surface area (Å²) in [5.41, 5.74) is 0. The van der Waals surface area contributed by atoms with Gasteiger partial charge in [-0.25, -0.2) is 9.97 Å². The van der Waals surface area contributed by atoms with Crippen molar-refractivity contribution in [2.75, 3.05) is 0 Å². The van der Waals surface area contributed by atoms with Gasteiger partial charge in [-0.3, -0.25) is 0 Å². The number of halogens is 2. The van der Waals surface area contributed by atoms with E-state index in [1.807, 2.05) is 6.07 Å². The molecule has 0 unspecified atom stereocenters. The van der Waals surface area contributed by atoms with E-state index in [1.165, 1.54) is 18.1 Å². The monoisotopic (exact) mass is 260 g/mol. The molecule has 2 aromatic rings. The van der Waals surface area contributed by atoms with Crippen LogP contribution in [0, 0.1) is 0 Å². The number of hydrogen-bond acceptors (Lipinski definition) is 4. The van der Waals surface area contributed by atoms with E-state index in [2.05, 4.69) is 9.97 Å². The van der Waals surface area contributed by atoms with Gasteiger partial charge in [0.05, 0.1) is 5.75 Å². The standard InChI is InChI=1S/C9H6Cl2N2OS/c10-7-3-9(13-5-12-7)15-4-6-1-2-8(11)14-6/h1-3,5H,4H2. The Morgan fingerprint density at radius 1 is 1.27 bits per heavy atom. The van der Waals surface area contributed by atoms with Crippen molar-refractivity contribution in [3.8, 4) is 0 Å². The molecule has 0 fully saturated rings. The summed E-state index contributed by atoms with van der Waals surface area (Å²) in [7, 11) is 0. The average molecular weight is 261 g/mol. The maximum absolute atomic E-state index is 5.72. The molecule has 15 heavy (non-hydrogen) atoms. The normalized spacial score (nSPS) is 10.5. The van der Waals surface area contributed by atoms with Crippen LogP contribution in [0.3, 0.4) is 0 Å². The molecule has 0 aliphatic heterocycles. The van der Waals surface area contributed by atoms with Gasteiger partial charge in [-0.1, -0.05) is 23.4 Å². The maximum Gasteiger partial charge on any atom is 0.193 e. The fraction of sp³-hybridized carbons (Fsp3) is 0.111. The van der Waals surface area contributed by atoms with Crippen molar-refractivity contribution >= 4 is 35.0 Å². The molecule has 0 aliphatic carbocycles. The molecule has 0 radical (unpaired) electrons. The fourth-order valence-corrected chi connectivity index (χ4v) is 2.11. The van der Waals surface area contributed by atoms with Gasteiger partial charge in [0.2, 0.25) is 0 Å². The zero-order chi connectivity index (χ0) is 10.7. The Labute approximate surface area is 101 Å². The molecule has 0 N–H and O–H groups in total. The van der Waals surface area contributed by atoms with Gasteiger partial charge in [0.15, 0.2) is 5.22 Å². The highest BCUT2D eigenvalue weighted by Crippen LogP contribution is 2.24. The summed E-state index contributed by atoms with van der Waals surface area (Å²) >= 11 is 12.9. The third-order valence-electron chi connectivity index (χ3n) is 1.60. The highest BCUT2D eigenvalue weighted by Gasteiger charge is 2.02. The van der Waals surface area contributed by atoms with E-state index in [9.17, 15) is 0 Å². The Morgan fingerprint density at radius 3 is 2.80 bits per heavy atom. The van der Waals surface area contributed by atoms with Crippen molar-refractivity contribution < 1.29 is 4.42 Å². The number of furan rings is 1. The van der Waals surface area contributed by atoms with Gasteiger partial charge in [0.25, 0.3) is 0 Å². The summed E-state index contributed by atoms with van der Waals surface area (Å²) in [6, 6.07) is 5.25. The van der Waals surface area contributed by atoms with Crippen LogP contribution in [0.2, 0.25) is 10.4 Å². The molecule has 0 amide bonds. The summed E-state index contributed by atoms with van der Waals surface area (Å²) in [5.74, 6) is 1.47. The lowest BCUT2D eigenvalue weighted by Crippen LogP contribution is -1.83. The van der Waals surface area contributed by atoms with Gasteiger partial charge in [-0.15, -0.1) is 0 Å². The van der Waals surface area contributed by atoms with E-state index >= 15 is 0 Å². The smallest absolute Gasteiger partial charge is 0.193 e. The molecule has 2 heterocycles. The zero-order valence-corrected chi connectivity index (χ0v) is 9.81. The fourth-order valence-electron chi connectivity index (χ4n) is 0.971. The lowest BCUT2D eigenvalue weighted by molar-refractivity contribution is 0.532. The largest absolute Gasteiger partial charge is 0.449 e. The Kier molecular flexibility index (Phi) is 3.51. The molecular formula is C9H6Cl2N2OS. The van der Waals surface area contributed by atoms with Crippen LogP contribution >= 0.6 is 35.0 Å². The lowest BCUT2D eigenvalue weighted by atomic mass is 10.5. The minimum absolute atomic E-state index is 0.395. The van der Waals surface area contributed by atoms with Crippen molar-refractivity contribution in [1.29, 1.82) is 0 Å². The quantitative estimate of drug-likeness (QED) is 0.624. The van der Waals surface area contributed by atoms with E-state index in [0.29, 0.717) is 16.1 Å². The van der Waals surface area contributed by atoms with E-state index in [1.54, 1.807) is 12.1 Å². The highest BCUT2D eigenvalue weighted by atomic mass is 35.5. The van der Waals surface area contributed by atoms with Crippen LogP contribution in [0.25, 0.3) is 0 Å². The van der Waals surface area contributed by atoms with E-state index < -0.39 is 0 Å². The minimum atomic E-state index is 0.395. The van der Waals surface area contributed by atoms with Gasteiger partial charge < -0.3 is 4.42 Å². The Balaban J connectivity index is 1.99. The number of aromatic nitrogens is 2. The van der Waals surface area contributed by atoms with Gasteiger partial charge in [0.1, 0.15) is 22.3 Å². The van der Waals surface area contributed by atoms with Crippen molar-refractivity contribution in [3.63, 3.8) is 0 Å². The predicted molar refractivity (Wildman–Crippen MR) is 60.3 cm³/mol. The maximum atomic E-state index is 5.72. The highest BCUT2D eigenvalue weighted by molar-refractivity contribution is 7.98. The van der Waals surface area contributed by atoms with Crippen molar-refractivity contribution in [3.05, 3.63) is 40.7 Å². The van der Waals surface area contributed by atoms with Crippen LogP contribution in [-0.2, 0) is 5.75 Å². The van der Waals surface area contributed by atoms with Crippen LogP contribution in [0.4, 0.5) is 0 Å². The molecule has 78 valence electrons. The van der Waals surface area contributed by atoms with Crippen LogP contribution < -0.4 is 0 Å². The minimum Gasteiger partial charge on any atom is -0.449 e. The molecule has 3 nitrogen and oxygen atoms in total. The van der Waals surface area contributed by atoms with Crippen LogP contribution in [0.1, 0.15) is 5.76 Å². The third kappa shape index (κ3) is 3.12. The lowest BCUT2D eigenvalue weighted by Gasteiger charge is -1.97. The number of thioether (sulfide) groups is 1. The second-order valence-electron chi connectivity index (χ2n) is 2.67. The number of nitrogens with zero attached hydrogens (tertiary/aromatic N) is 2. The molecule has 0 spiro atoms. The number of hydrogen-bond donors (Lipinski definition) is 0. The molecule has 0 bridgehead atoms. The van der Waals surface area contributed by atoms with Crippen molar-refractivity contribution in [1.82, 2.24) is 9.97 Å². The number of rotatable bonds is 3. The summed E-state index contributed by atoms with van der Waals surface area (Å²) in [6.07, 6.45) is 1.43. The predicted octanol–water partition coefficient (Wildman–Crippen LogP) is 3.67. The first-order valence-electron chi connectivity index (χ1n) is 4.08. The van der Waals surface area contributed by atoms with Crippen molar-refractivity contribution in [2.24, 2.45) is 0 Å². The molecule has 6 heteroatoms. The second-order valence-corrected chi connectivity index (χ2v) is 4.43. The molecule has 0 aromatic carbocycles. The molecule has 0 saturated heterocycles. The van der Waals surface area contributed by atoms with E-state index in [4.69, 9.17) is 27.6 Å². The first-order chi connectivity index (χ1) is 7.24. The third-order valence-corrected chi connectivity index (χ3v) is 2.96. The topological polar surface area (TPSA) is 38.9 Å². The van der Waals surface area contributed by atoms with Gasteiger partial charge in [-0.2, -0.15) is 0 Å². The Hall–Kier alpha value is -0.710. The van der Waals surface area contributed by atoms with Gasteiger partial charge in [0, 0.05) is 6.07 Å². The molecule has 0 atom stereocenters. The zero-order valence-electron chi connectivity index (χ0n) is 7.48. The summed E-state index contributed by atoms with van der Waals surface area (Å²) in [4.78, 5) is 7.85. The first kappa shape index (κ1) is 10.8. The van der Waals surface area contributed by atoms with Crippen LogP contribution in [-0.4, -0.2) is 9.97 Å². The molecular weight excluding hydrogens is 255 g/mol. The van der Waals surface area contributed by atoms with Crippen LogP contribution in [0.15, 0.2) is 34.0 Å². The average Bonchev–Trinajstić information content (AvgIpc) is 2.62. The summed E-state index contributed by atoms with van der Waals surface area (Å²) in [5, 5.41) is 1.64. The van der Waals surface area contributed by atoms with E-state index in [-0.39, 0.29) is 0 Å². The van der Waals surface area contributed by atoms with Gasteiger partial charge >= 0.3 is 0 Å². The van der Waals surface area contributed by atoms with Crippen molar-refractivity contribution in [2.45, 2.75) is 10.8 Å². The molecule has 2 aromatic heterocycles. The SMILES string of the molecule is Clc1cc(SCc2ccc(Cl)o2)ncn1. The molecule has 0 aliphatic rings. The molecule has 0 saturated carbocycles. The molecule has 2 rings (SSSR count). The van der Waals surface area contributed by atoms with E-state index in [0.717, 1.165) is 10.8 Å². The first-order valence-corrected chi connectivity index (χ1v) is 5.83.